The summed E-state index contributed by atoms with van der Waals surface area (Å²) in [5, 5.41) is 20.7. The molecule has 0 aliphatic heterocycles. The smallest absolute Gasteiger partial charge is 0.148 e. The first-order valence-corrected chi connectivity index (χ1v) is 6.75. The summed E-state index contributed by atoms with van der Waals surface area (Å²) < 4.78 is 0. The third kappa shape index (κ3) is 2.44. The molecule has 0 amide bonds. The van der Waals surface area contributed by atoms with Gasteiger partial charge in [0.05, 0.1) is 5.69 Å². The summed E-state index contributed by atoms with van der Waals surface area (Å²) in [6.45, 7) is 1.70. The average molecular weight is 274 g/mol. The molecule has 0 atom stereocenters. The molecular weight excluding hydrogens is 260 g/mol. The Bertz CT molecular complexity index is 848. The lowest BCUT2D eigenvalue weighted by molar-refractivity contribution is 0.474. The van der Waals surface area contributed by atoms with Crippen molar-refractivity contribution in [1.82, 2.24) is 4.98 Å². The Labute approximate surface area is 123 Å². The maximum absolute atomic E-state index is 10.1. The molecule has 2 aromatic carbocycles. The quantitative estimate of drug-likeness (QED) is 0.775. The fourth-order valence-corrected chi connectivity index (χ4v) is 2.50. The molecule has 0 unspecified atom stereocenters. The van der Waals surface area contributed by atoms with Gasteiger partial charge in [0.25, 0.3) is 0 Å². The van der Waals surface area contributed by atoms with E-state index in [0.29, 0.717) is 22.2 Å². The number of hydrogen-bond acceptors (Lipinski definition) is 3. The first kappa shape index (κ1) is 13.1. The van der Waals surface area contributed by atoms with Crippen molar-refractivity contribution in [2.45, 2.75) is 13.3 Å². The molecule has 1 N–H and O–H groups in total. The van der Waals surface area contributed by atoms with Crippen LogP contribution in [0.5, 0.6) is 5.75 Å². The average Bonchev–Trinajstić information content (AvgIpc) is 2.52. The summed E-state index contributed by atoms with van der Waals surface area (Å²) in [5.41, 5.74) is 3.14. The molecule has 1 heterocycles. The van der Waals surface area contributed by atoms with E-state index in [9.17, 15) is 10.4 Å². The topological polar surface area (TPSA) is 56.9 Å². The van der Waals surface area contributed by atoms with Gasteiger partial charge in [0.15, 0.2) is 0 Å². The molecule has 0 bridgehead atoms. The van der Waals surface area contributed by atoms with Gasteiger partial charge in [-0.2, -0.15) is 5.26 Å². The van der Waals surface area contributed by atoms with Crippen molar-refractivity contribution >= 4 is 10.8 Å². The number of nitrogens with zero attached hydrogens (tertiary/aromatic N) is 2. The second kappa shape index (κ2) is 5.26. The molecule has 1 aromatic heterocycles. The molecule has 0 aliphatic rings. The van der Waals surface area contributed by atoms with Crippen LogP contribution in [0.3, 0.4) is 0 Å². The third-order valence-electron chi connectivity index (χ3n) is 3.57. The highest BCUT2D eigenvalue weighted by molar-refractivity contribution is 5.92. The van der Waals surface area contributed by atoms with Crippen LogP contribution < -0.4 is 0 Å². The van der Waals surface area contributed by atoms with Crippen molar-refractivity contribution in [3.63, 3.8) is 0 Å². The van der Waals surface area contributed by atoms with Gasteiger partial charge in [0.2, 0.25) is 0 Å². The molecule has 0 fully saturated rings. The number of hydrogen-bond donors (Lipinski definition) is 1. The second-order valence-electron chi connectivity index (χ2n) is 5.05. The number of nitriles is 1. The highest BCUT2D eigenvalue weighted by Gasteiger charge is 2.11. The van der Waals surface area contributed by atoms with Gasteiger partial charge in [-0.05, 0) is 30.5 Å². The van der Waals surface area contributed by atoms with Crippen LogP contribution >= 0.6 is 0 Å². The second-order valence-corrected chi connectivity index (χ2v) is 5.05. The lowest BCUT2D eigenvalue weighted by Crippen LogP contribution is -1.93. The fraction of sp³-hybridized carbons (Fsp3) is 0.111. The van der Waals surface area contributed by atoms with Crippen molar-refractivity contribution in [1.29, 1.82) is 5.26 Å². The predicted octanol–water partition coefficient (Wildman–Crippen LogP) is 3.71. The highest BCUT2D eigenvalue weighted by Crippen LogP contribution is 2.30. The van der Waals surface area contributed by atoms with E-state index in [1.165, 1.54) is 5.56 Å². The van der Waals surface area contributed by atoms with Gasteiger partial charge in [0.1, 0.15) is 17.5 Å². The van der Waals surface area contributed by atoms with Crippen LogP contribution in [0.1, 0.15) is 22.5 Å². The van der Waals surface area contributed by atoms with E-state index in [0.717, 1.165) is 12.0 Å². The number of aromatic hydroxyl groups is 1. The zero-order valence-corrected chi connectivity index (χ0v) is 11.7. The number of rotatable bonds is 2. The Morgan fingerprint density at radius 1 is 1.05 bits per heavy atom. The summed E-state index contributed by atoms with van der Waals surface area (Å²) in [6, 6.07) is 18.0. The first-order valence-electron chi connectivity index (χ1n) is 6.75. The van der Waals surface area contributed by atoms with Gasteiger partial charge in [-0.25, -0.2) is 4.98 Å². The van der Waals surface area contributed by atoms with E-state index < -0.39 is 0 Å². The van der Waals surface area contributed by atoms with Crippen LogP contribution in [0.2, 0.25) is 0 Å². The normalized spacial score (nSPS) is 10.5. The summed E-state index contributed by atoms with van der Waals surface area (Å²) in [4.78, 5) is 4.16. The number of fused-ring (bicyclic) bond motifs is 1. The Morgan fingerprint density at radius 3 is 2.52 bits per heavy atom. The number of benzene rings is 2. The summed E-state index contributed by atoms with van der Waals surface area (Å²) in [6.07, 6.45) is 0.788. The van der Waals surface area contributed by atoms with Gasteiger partial charge < -0.3 is 5.11 Å². The van der Waals surface area contributed by atoms with E-state index >= 15 is 0 Å². The van der Waals surface area contributed by atoms with E-state index in [2.05, 4.69) is 23.2 Å². The Balaban J connectivity index is 2.12. The van der Waals surface area contributed by atoms with Gasteiger partial charge in [0, 0.05) is 10.8 Å². The van der Waals surface area contributed by atoms with Gasteiger partial charge in [-0.15, -0.1) is 0 Å². The molecule has 102 valence electrons. The zero-order valence-electron chi connectivity index (χ0n) is 11.7. The Hall–Kier alpha value is -2.86. The van der Waals surface area contributed by atoms with E-state index in [1.807, 2.05) is 36.4 Å². The molecular formula is C18H14N2O. The van der Waals surface area contributed by atoms with Crippen LogP contribution in [0.15, 0.2) is 48.5 Å². The van der Waals surface area contributed by atoms with Crippen molar-refractivity contribution in [2.24, 2.45) is 0 Å². The van der Waals surface area contributed by atoms with Crippen LogP contribution in [-0.4, -0.2) is 10.1 Å². The van der Waals surface area contributed by atoms with E-state index in [-0.39, 0.29) is 5.75 Å². The van der Waals surface area contributed by atoms with Crippen LogP contribution in [-0.2, 0) is 6.42 Å². The molecule has 0 spiro atoms. The molecule has 3 nitrogen and oxygen atoms in total. The summed E-state index contributed by atoms with van der Waals surface area (Å²) in [7, 11) is 0. The minimum Gasteiger partial charge on any atom is -0.505 e. The van der Waals surface area contributed by atoms with Crippen LogP contribution in [0, 0.1) is 18.3 Å². The SMILES string of the molecule is Cc1nc(C#N)c2cc(Cc3ccccc3)ccc2c1O. The van der Waals surface area contributed by atoms with Crippen LogP contribution in [0.4, 0.5) is 0 Å². The number of aromatic nitrogens is 1. The van der Waals surface area contributed by atoms with Crippen LogP contribution in [0.25, 0.3) is 10.8 Å². The summed E-state index contributed by atoms with van der Waals surface area (Å²) >= 11 is 0. The molecule has 3 heteroatoms. The monoisotopic (exact) mass is 274 g/mol. The molecule has 0 saturated heterocycles. The van der Waals surface area contributed by atoms with Crippen molar-refractivity contribution < 1.29 is 5.11 Å². The Morgan fingerprint density at radius 2 is 1.81 bits per heavy atom. The maximum Gasteiger partial charge on any atom is 0.148 e. The van der Waals surface area contributed by atoms with Crippen molar-refractivity contribution in [3.05, 3.63) is 71.0 Å². The predicted molar refractivity (Wildman–Crippen MR) is 82.1 cm³/mol. The number of aryl methyl sites for hydroxylation is 1. The highest BCUT2D eigenvalue weighted by atomic mass is 16.3. The molecule has 0 saturated carbocycles. The zero-order chi connectivity index (χ0) is 14.8. The molecule has 0 aliphatic carbocycles. The Kier molecular flexibility index (Phi) is 3.29. The van der Waals surface area contributed by atoms with E-state index in [4.69, 9.17) is 0 Å². The molecule has 21 heavy (non-hydrogen) atoms. The number of pyridine rings is 1. The maximum atomic E-state index is 10.1. The van der Waals surface area contributed by atoms with Crippen molar-refractivity contribution in [3.8, 4) is 11.8 Å². The molecule has 3 rings (SSSR count). The van der Waals surface area contributed by atoms with Gasteiger partial charge >= 0.3 is 0 Å². The first-order chi connectivity index (χ1) is 10.2. The minimum absolute atomic E-state index is 0.148. The summed E-state index contributed by atoms with van der Waals surface area (Å²) in [5.74, 6) is 0.148. The standard InChI is InChI=1S/C18H14N2O/c1-12-18(21)15-8-7-14(9-13-5-3-2-4-6-13)10-16(15)17(11-19)20-12/h2-8,10,21H,9H2,1H3. The van der Waals surface area contributed by atoms with Gasteiger partial charge in [-0.3, -0.25) is 0 Å². The van der Waals surface area contributed by atoms with E-state index in [1.54, 1.807) is 6.92 Å². The molecule has 0 radical (unpaired) electrons. The van der Waals surface area contributed by atoms with Crippen molar-refractivity contribution in [2.75, 3.05) is 0 Å². The third-order valence-corrected chi connectivity index (χ3v) is 3.57. The fourth-order valence-electron chi connectivity index (χ4n) is 2.50. The largest absolute Gasteiger partial charge is 0.505 e. The lowest BCUT2D eigenvalue weighted by atomic mass is 10.00. The minimum atomic E-state index is 0.148. The lowest BCUT2D eigenvalue weighted by Gasteiger charge is -2.08. The molecule has 3 aromatic rings. The van der Waals surface area contributed by atoms with Gasteiger partial charge in [-0.1, -0.05) is 42.5 Å².